The molecule has 0 fully saturated rings. The Morgan fingerprint density at radius 2 is 1.68 bits per heavy atom. The van der Waals surface area contributed by atoms with Crippen molar-refractivity contribution in [3.63, 3.8) is 0 Å². The first-order chi connectivity index (χ1) is 14.5. The molecule has 0 unspecified atom stereocenters. The summed E-state index contributed by atoms with van der Waals surface area (Å²) in [5.41, 5.74) is 9.62. The fourth-order valence-corrected chi connectivity index (χ4v) is 3.34. The minimum atomic E-state index is -1.02. The van der Waals surface area contributed by atoms with Gasteiger partial charge in [0.2, 0.25) is 5.91 Å². The van der Waals surface area contributed by atoms with Gasteiger partial charge in [-0.1, -0.05) is 48.0 Å². The first-order valence-corrected chi connectivity index (χ1v) is 9.56. The van der Waals surface area contributed by atoms with Crippen molar-refractivity contribution < 1.29 is 56.0 Å². The molecule has 0 aliphatic rings. The number of amides is 1. The summed E-state index contributed by atoms with van der Waals surface area (Å²) in [4.78, 5) is 23.8. The molecule has 0 saturated heterocycles. The van der Waals surface area contributed by atoms with Gasteiger partial charge in [0.1, 0.15) is 0 Å². The predicted molar refractivity (Wildman–Crippen MR) is 116 cm³/mol. The summed E-state index contributed by atoms with van der Waals surface area (Å²) in [6.45, 7) is 0.596. The van der Waals surface area contributed by atoms with Crippen molar-refractivity contribution >= 4 is 40.1 Å². The third-order valence-corrected chi connectivity index (χ3v) is 4.95. The molecule has 1 heterocycles. The fourth-order valence-electron chi connectivity index (χ4n) is 3.22. The number of carboxylic acids is 1. The molecule has 4 aromatic rings. The van der Waals surface area contributed by atoms with E-state index < -0.39 is 5.97 Å². The number of hydrogen-bond donors (Lipinski definition) is 2. The van der Waals surface area contributed by atoms with Crippen molar-refractivity contribution in [1.29, 1.82) is 0 Å². The summed E-state index contributed by atoms with van der Waals surface area (Å²) < 4.78 is 2.01. The van der Waals surface area contributed by atoms with Crippen LogP contribution in [0.15, 0.2) is 79.0 Å². The Labute approximate surface area is 217 Å². The summed E-state index contributed by atoms with van der Waals surface area (Å²) in [5.74, 6) is -1.36. The maximum absolute atomic E-state index is 12.8. The normalized spacial score (nSPS) is 10.4. The van der Waals surface area contributed by atoms with Crippen LogP contribution in [0.5, 0.6) is 0 Å². The summed E-state index contributed by atoms with van der Waals surface area (Å²) in [5, 5.41) is 10.6. The average Bonchev–Trinajstić information content (AvgIpc) is 3.17. The summed E-state index contributed by atoms with van der Waals surface area (Å²) in [6, 6.07) is 21.0. The second kappa shape index (κ2) is 10.3. The number of carboxylic acid groups (broad SMARTS) is 1. The van der Waals surface area contributed by atoms with Gasteiger partial charge in [-0.2, -0.15) is 0 Å². The fraction of sp³-hybridized carbons (Fsp3) is 0.0435. The van der Waals surface area contributed by atoms with Crippen molar-refractivity contribution in [2.45, 2.75) is 6.54 Å². The molecule has 8 heteroatoms. The Kier molecular flexibility index (Phi) is 7.71. The molecule has 2 N–H and O–H groups in total. The smallest absolute Gasteiger partial charge is 0.335 e. The topological polar surface area (TPSA) is 85.4 Å². The molecule has 1 amide bonds. The molecule has 153 valence electrons. The van der Waals surface area contributed by atoms with Gasteiger partial charge in [-0.25, -0.2) is 4.79 Å². The Hall–Kier alpha value is -2.41. The first-order valence-electron chi connectivity index (χ1n) is 9.18. The maximum atomic E-state index is 12.8. The number of carbonyl (C=O) groups is 2. The minimum Gasteiger partial charge on any atom is -0.595 e. The molecule has 31 heavy (non-hydrogen) atoms. The number of hydrogen-bond acceptors (Lipinski definition) is 2. The molecule has 0 atom stereocenters. The molecular formula is C23H17ClN3O3Pr-. The first kappa shape index (κ1) is 23.3. The Balaban J connectivity index is 0.00000272. The number of fused-ring (bicyclic) bond motifs is 1. The van der Waals surface area contributed by atoms with Gasteiger partial charge in [-0.3, -0.25) is 4.79 Å². The molecule has 3 aromatic carbocycles. The maximum Gasteiger partial charge on any atom is 0.335 e. The van der Waals surface area contributed by atoms with Crippen LogP contribution in [0.2, 0.25) is 5.02 Å². The number of nitrogens with zero attached hydrogens (tertiary/aromatic N) is 2. The predicted octanol–water partition coefficient (Wildman–Crippen LogP) is 5.39. The van der Waals surface area contributed by atoms with Crippen LogP contribution in [0.4, 0.5) is 5.69 Å². The van der Waals surface area contributed by atoms with Crippen LogP contribution in [0.3, 0.4) is 0 Å². The molecule has 0 aliphatic carbocycles. The van der Waals surface area contributed by atoms with Crippen molar-refractivity contribution in [2.75, 3.05) is 0 Å². The quantitative estimate of drug-likeness (QED) is 0.311. The third kappa shape index (κ3) is 5.45. The summed E-state index contributed by atoms with van der Waals surface area (Å²) in [7, 11) is 0. The van der Waals surface area contributed by atoms with E-state index in [1.165, 1.54) is 24.3 Å². The second-order valence-electron chi connectivity index (χ2n) is 6.72. The number of benzene rings is 3. The molecule has 0 bridgehead atoms. The molecule has 6 nitrogen and oxygen atoms in total. The standard InChI is InChI=1S/C23H17ClN3O3.Pr/c24-18-8-4-15(5-9-18)14-27-13-12-16-2-1-3-20(21(16)27)22(28)26-25-19-10-6-17(7-11-19)23(29)30;/h1-13H,14H2,(H,26,28)(H,29,30);/q-1;. The van der Waals surface area contributed by atoms with Gasteiger partial charge in [-0.05, 0) is 42.0 Å². The van der Waals surface area contributed by atoms with Gasteiger partial charge in [-0.15, -0.1) is 5.69 Å². The van der Waals surface area contributed by atoms with Crippen LogP contribution in [-0.2, 0) is 6.54 Å². The number of rotatable bonds is 6. The molecule has 4 rings (SSSR count). The molecular weight excluding hydrogens is 543 g/mol. The van der Waals surface area contributed by atoms with E-state index in [-0.39, 0.29) is 52.8 Å². The Morgan fingerprint density at radius 3 is 2.35 bits per heavy atom. The van der Waals surface area contributed by atoms with Gasteiger partial charge in [0, 0.05) is 64.4 Å². The van der Waals surface area contributed by atoms with Crippen molar-refractivity contribution in [3.8, 4) is 0 Å². The van der Waals surface area contributed by atoms with Crippen molar-refractivity contribution in [2.24, 2.45) is 0 Å². The Morgan fingerprint density at radius 1 is 0.968 bits per heavy atom. The van der Waals surface area contributed by atoms with Crippen LogP contribution in [0, 0.1) is 41.3 Å². The zero-order valence-corrected chi connectivity index (χ0v) is 20.8. The number of carbonyl (C=O) groups excluding carboxylic acids is 1. The molecule has 1 aromatic heterocycles. The van der Waals surface area contributed by atoms with E-state index in [0.29, 0.717) is 22.8 Å². The van der Waals surface area contributed by atoms with Crippen molar-refractivity contribution in [1.82, 2.24) is 9.99 Å². The van der Waals surface area contributed by atoms with Crippen LogP contribution in [0.25, 0.3) is 16.3 Å². The van der Waals surface area contributed by atoms with Gasteiger partial charge in [0.05, 0.1) is 16.6 Å². The van der Waals surface area contributed by atoms with Gasteiger partial charge in [0.25, 0.3) is 0 Å². The van der Waals surface area contributed by atoms with E-state index in [9.17, 15) is 9.59 Å². The number of halogens is 1. The number of nitrogens with one attached hydrogen (secondary N) is 1. The van der Waals surface area contributed by atoms with Crippen LogP contribution in [-0.4, -0.2) is 21.6 Å². The van der Waals surface area contributed by atoms with Crippen LogP contribution in [0.1, 0.15) is 26.3 Å². The SMILES string of the molecule is O=C(O)c1ccc([N-]NC(=O)c2cccc3ccn(Cc4ccc(Cl)cc4)c23)cc1.[Pr]. The number of aromatic nitrogens is 1. The third-order valence-electron chi connectivity index (χ3n) is 4.70. The van der Waals surface area contributed by atoms with E-state index in [2.05, 4.69) is 10.9 Å². The summed E-state index contributed by atoms with van der Waals surface area (Å²) in [6.07, 6.45) is 1.94. The zero-order valence-electron chi connectivity index (χ0n) is 16.3. The largest absolute Gasteiger partial charge is 0.595 e. The van der Waals surface area contributed by atoms with Gasteiger partial charge >= 0.3 is 5.97 Å². The van der Waals surface area contributed by atoms with Gasteiger partial charge in [0.15, 0.2) is 0 Å². The summed E-state index contributed by atoms with van der Waals surface area (Å²) >= 11 is 5.97. The van der Waals surface area contributed by atoms with Gasteiger partial charge < -0.3 is 20.5 Å². The zero-order chi connectivity index (χ0) is 21.1. The van der Waals surface area contributed by atoms with E-state index >= 15 is 0 Å². The van der Waals surface area contributed by atoms with E-state index in [1.54, 1.807) is 6.07 Å². The monoisotopic (exact) mass is 559 g/mol. The van der Waals surface area contributed by atoms with E-state index in [4.69, 9.17) is 16.7 Å². The van der Waals surface area contributed by atoms with E-state index in [1.807, 2.05) is 53.2 Å². The molecule has 0 aliphatic heterocycles. The second-order valence-corrected chi connectivity index (χ2v) is 7.15. The van der Waals surface area contributed by atoms with Crippen LogP contribution >= 0.6 is 11.6 Å². The van der Waals surface area contributed by atoms with Crippen LogP contribution < -0.4 is 5.43 Å². The molecule has 1 radical (unpaired) electrons. The average molecular weight is 560 g/mol. The molecule has 0 saturated carbocycles. The van der Waals surface area contributed by atoms with Crippen molar-refractivity contribution in [3.05, 3.63) is 106 Å². The number of para-hydroxylation sites is 1. The minimum absolute atomic E-state index is 0. The Bertz CT molecular complexity index is 1220. The number of aromatic carboxylic acids is 1. The van der Waals surface area contributed by atoms with E-state index in [0.717, 1.165) is 16.5 Å². The molecule has 0 spiro atoms.